The van der Waals surface area contributed by atoms with Gasteiger partial charge in [-0.2, -0.15) is 18.4 Å². The standard InChI is InChI=1S/C27H24ClF3N2O5S/c1-26(2,12-20-8-10-23(28)39-20)33-14-19(34)15-37-22-11-18(17-5-3-16(13-32)4-6-17)7-9-21(22)24(35)38-25(36)27(29,30)31/h3-11,19,33-34H,12,14-15H2,1-2H3/t19-/m1/s1. The van der Waals surface area contributed by atoms with Crippen LogP contribution in [0, 0.1) is 11.3 Å². The molecule has 0 fully saturated rings. The molecule has 39 heavy (non-hydrogen) atoms. The molecule has 0 bridgehead atoms. The monoisotopic (exact) mass is 580 g/mol. The summed E-state index contributed by atoms with van der Waals surface area (Å²) in [5, 5.41) is 22.7. The Morgan fingerprint density at radius 1 is 1.10 bits per heavy atom. The van der Waals surface area contributed by atoms with Gasteiger partial charge in [-0.15, -0.1) is 11.3 Å². The molecular weight excluding hydrogens is 557 g/mol. The van der Waals surface area contributed by atoms with E-state index in [0.717, 1.165) is 10.9 Å². The molecule has 0 radical (unpaired) electrons. The van der Waals surface area contributed by atoms with Crippen LogP contribution in [0.2, 0.25) is 4.34 Å². The zero-order valence-electron chi connectivity index (χ0n) is 20.8. The van der Waals surface area contributed by atoms with Gasteiger partial charge in [0.25, 0.3) is 0 Å². The maximum Gasteiger partial charge on any atom is 0.491 e. The van der Waals surface area contributed by atoms with Crippen molar-refractivity contribution in [1.29, 1.82) is 5.26 Å². The maximum atomic E-state index is 12.6. The number of hydrogen-bond acceptors (Lipinski definition) is 8. The van der Waals surface area contributed by atoms with Crippen molar-refractivity contribution in [2.24, 2.45) is 0 Å². The van der Waals surface area contributed by atoms with Crippen LogP contribution >= 0.6 is 22.9 Å². The van der Waals surface area contributed by atoms with Crippen molar-refractivity contribution in [1.82, 2.24) is 5.32 Å². The highest BCUT2D eigenvalue weighted by molar-refractivity contribution is 7.16. The summed E-state index contributed by atoms with van der Waals surface area (Å²) in [7, 11) is 0. The average Bonchev–Trinajstić information content (AvgIpc) is 3.29. The van der Waals surface area contributed by atoms with E-state index in [9.17, 15) is 27.9 Å². The molecule has 7 nitrogen and oxygen atoms in total. The number of nitrogens with one attached hydrogen (secondary N) is 1. The van der Waals surface area contributed by atoms with Gasteiger partial charge in [0.1, 0.15) is 24.0 Å². The number of carbonyl (C=O) groups is 2. The number of esters is 2. The third-order valence-electron chi connectivity index (χ3n) is 5.46. The van der Waals surface area contributed by atoms with Gasteiger partial charge < -0.3 is 19.9 Å². The van der Waals surface area contributed by atoms with Gasteiger partial charge in [0, 0.05) is 17.0 Å². The minimum Gasteiger partial charge on any atom is -0.490 e. The lowest BCUT2D eigenvalue weighted by atomic mass is 9.99. The number of hydrogen-bond donors (Lipinski definition) is 2. The predicted molar refractivity (Wildman–Crippen MR) is 140 cm³/mol. The van der Waals surface area contributed by atoms with Crippen LogP contribution < -0.4 is 10.1 Å². The molecule has 1 aromatic heterocycles. The highest BCUT2D eigenvalue weighted by Crippen LogP contribution is 2.30. The number of carbonyl (C=O) groups excluding carboxylic acids is 2. The van der Waals surface area contributed by atoms with Crippen molar-refractivity contribution in [2.45, 2.75) is 38.1 Å². The lowest BCUT2D eigenvalue weighted by molar-refractivity contribution is -0.193. The van der Waals surface area contributed by atoms with E-state index in [0.29, 0.717) is 27.4 Å². The summed E-state index contributed by atoms with van der Waals surface area (Å²) in [5.41, 5.74) is 0.721. The second-order valence-corrected chi connectivity index (χ2v) is 11.0. The van der Waals surface area contributed by atoms with Crippen molar-refractivity contribution in [2.75, 3.05) is 13.2 Å². The molecule has 0 saturated carbocycles. The lowest BCUT2D eigenvalue weighted by Gasteiger charge is -2.27. The molecule has 0 unspecified atom stereocenters. The Morgan fingerprint density at radius 2 is 1.77 bits per heavy atom. The summed E-state index contributed by atoms with van der Waals surface area (Å²) < 4.78 is 48.1. The van der Waals surface area contributed by atoms with Crippen molar-refractivity contribution >= 4 is 34.9 Å². The summed E-state index contributed by atoms with van der Waals surface area (Å²) in [5.74, 6) is -4.40. The average molecular weight is 581 g/mol. The van der Waals surface area contributed by atoms with Crippen LogP contribution in [0.5, 0.6) is 5.75 Å². The maximum absolute atomic E-state index is 12.6. The van der Waals surface area contributed by atoms with Gasteiger partial charge in [-0.1, -0.05) is 29.8 Å². The van der Waals surface area contributed by atoms with Crippen LogP contribution in [0.1, 0.15) is 34.6 Å². The Balaban J connectivity index is 1.74. The smallest absolute Gasteiger partial charge is 0.490 e. The van der Waals surface area contributed by atoms with Crippen LogP contribution in [-0.4, -0.2) is 48.0 Å². The highest BCUT2D eigenvalue weighted by Gasteiger charge is 2.43. The largest absolute Gasteiger partial charge is 0.491 e. The summed E-state index contributed by atoms with van der Waals surface area (Å²) in [4.78, 5) is 24.6. The van der Waals surface area contributed by atoms with E-state index < -0.39 is 35.3 Å². The van der Waals surface area contributed by atoms with Crippen LogP contribution in [0.4, 0.5) is 13.2 Å². The summed E-state index contributed by atoms with van der Waals surface area (Å²) in [6.07, 6.45) is -5.77. The molecule has 0 aliphatic heterocycles. The van der Waals surface area contributed by atoms with E-state index in [1.807, 2.05) is 26.0 Å². The minimum absolute atomic E-state index is 0.105. The molecule has 0 spiro atoms. The second-order valence-electron chi connectivity index (χ2n) is 9.19. The normalized spacial score (nSPS) is 12.5. The van der Waals surface area contributed by atoms with E-state index >= 15 is 0 Å². The zero-order chi connectivity index (χ0) is 28.8. The van der Waals surface area contributed by atoms with E-state index in [-0.39, 0.29) is 18.9 Å². The Morgan fingerprint density at radius 3 is 2.36 bits per heavy atom. The number of β-amino-alcohol motifs (C(OH)–C–C–N with tert-alkyl or cyclic N) is 1. The van der Waals surface area contributed by atoms with Crippen LogP contribution in [-0.2, 0) is 16.0 Å². The number of aliphatic hydroxyl groups is 1. The quantitative estimate of drug-likeness (QED) is 0.239. The number of aliphatic hydroxyl groups excluding tert-OH is 1. The van der Waals surface area contributed by atoms with Gasteiger partial charge in [-0.05, 0) is 67.8 Å². The van der Waals surface area contributed by atoms with Gasteiger partial charge >= 0.3 is 18.1 Å². The van der Waals surface area contributed by atoms with E-state index in [1.54, 1.807) is 30.3 Å². The Bertz CT molecular complexity index is 1370. The first-order valence-corrected chi connectivity index (χ1v) is 12.7. The molecule has 0 aliphatic rings. The topological polar surface area (TPSA) is 109 Å². The van der Waals surface area contributed by atoms with E-state index in [4.69, 9.17) is 21.6 Å². The molecule has 206 valence electrons. The SMILES string of the molecule is CC(C)(Cc1ccc(Cl)s1)NC[C@@H](O)COc1cc(-c2ccc(C#N)cc2)ccc1C(=O)OC(=O)C(F)(F)F. The van der Waals surface area contributed by atoms with Gasteiger partial charge in [-0.25, -0.2) is 9.59 Å². The molecule has 0 aliphatic carbocycles. The molecule has 1 heterocycles. The molecule has 3 rings (SSSR count). The van der Waals surface area contributed by atoms with Gasteiger partial charge in [0.15, 0.2) is 0 Å². The molecule has 0 amide bonds. The predicted octanol–water partition coefficient (Wildman–Crippen LogP) is 5.54. The minimum atomic E-state index is -5.36. The fourth-order valence-electron chi connectivity index (χ4n) is 3.51. The second kappa shape index (κ2) is 12.6. The van der Waals surface area contributed by atoms with Crippen molar-refractivity contribution in [3.8, 4) is 22.9 Å². The number of alkyl halides is 3. The number of halogens is 4. The third kappa shape index (κ3) is 8.80. The molecule has 1 atom stereocenters. The Hall–Kier alpha value is -3.43. The number of thiophene rings is 1. The summed E-state index contributed by atoms with van der Waals surface area (Å²) >= 11 is 7.44. The Labute approximate surface area is 231 Å². The van der Waals surface area contributed by atoms with Gasteiger partial charge in [0.05, 0.1) is 16.0 Å². The summed E-state index contributed by atoms with van der Waals surface area (Å²) in [6, 6.07) is 16.1. The van der Waals surface area contributed by atoms with Crippen molar-refractivity contribution < 1.29 is 37.3 Å². The van der Waals surface area contributed by atoms with Crippen molar-refractivity contribution in [3.63, 3.8) is 0 Å². The number of nitriles is 1. The van der Waals surface area contributed by atoms with Crippen molar-refractivity contribution in [3.05, 3.63) is 74.9 Å². The molecular formula is C27H24ClF3N2O5S. The fraction of sp³-hybridized carbons (Fsp3) is 0.296. The van der Waals surface area contributed by atoms with Crippen LogP contribution in [0.3, 0.4) is 0 Å². The molecule has 3 aromatic rings. The third-order valence-corrected chi connectivity index (χ3v) is 6.69. The fourth-order valence-corrected chi connectivity index (χ4v) is 4.82. The number of rotatable bonds is 10. The van der Waals surface area contributed by atoms with Gasteiger partial charge in [0.2, 0.25) is 0 Å². The lowest BCUT2D eigenvalue weighted by Crippen LogP contribution is -2.46. The van der Waals surface area contributed by atoms with Crippen LogP contribution in [0.15, 0.2) is 54.6 Å². The molecule has 2 aromatic carbocycles. The van der Waals surface area contributed by atoms with E-state index in [1.165, 1.54) is 23.5 Å². The first-order valence-electron chi connectivity index (χ1n) is 11.6. The number of ether oxygens (including phenoxy) is 2. The van der Waals surface area contributed by atoms with Gasteiger partial charge in [-0.3, -0.25) is 0 Å². The number of nitrogens with zero attached hydrogens (tertiary/aromatic N) is 1. The number of benzene rings is 2. The zero-order valence-corrected chi connectivity index (χ0v) is 22.4. The first kappa shape index (κ1) is 30.1. The Kier molecular flexibility index (Phi) is 9.74. The van der Waals surface area contributed by atoms with Crippen LogP contribution in [0.25, 0.3) is 11.1 Å². The van der Waals surface area contributed by atoms with E-state index in [2.05, 4.69) is 10.1 Å². The summed E-state index contributed by atoms with van der Waals surface area (Å²) in [6.45, 7) is 3.67. The molecule has 2 N–H and O–H groups in total. The molecule has 12 heteroatoms. The first-order chi connectivity index (χ1) is 18.3. The molecule has 0 saturated heterocycles. The highest BCUT2D eigenvalue weighted by atomic mass is 35.5.